The lowest BCUT2D eigenvalue weighted by atomic mass is 9.95. The highest BCUT2D eigenvalue weighted by molar-refractivity contribution is 5.84. The molecule has 0 rings (SSSR count). The smallest absolute Gasteiger partial charge is 0.237 e. The average molecular weight is 229 g/mol. The molecule has 0 saturated heterocycles. The number of amides is 1. The first-order valence-electron chi connectivity index (χ1n) is 5.99. The summed E-state index contributed by atoms with van der Waals surface area (Å²) in [6.45, 7) is 8.36. The van der Waals surface area contributed by atoms with E-state index in [1.807, 2.05) is 6.92 Å². The Hall–Kier alpha value is -0.610. The monoisotopic (exact) mass is 229 g/mol. The summed E-state index contributed by atoms with van der Waals surface area (Å²) in [5.41, 5.74) is 4.79. The predicted octanol–water partition coefficient (Wildman–Crippen LogP) is 0.818. The van der Waals surface area contributed by atoms with E-state index in [9.17, 15) is 4.79 Å². The zero-order valence-corrected chi connectivity index (χ0v) is 11.3. The molecule has 0 aliphatic heterocycles. The van der Waals surface area contributed by atoms with E-state index in [2.05, 4.69) is 31.1 Å². The van der Waals surface area contributed by atoms with Gasteiger partial charge in [0.25, 0.3) is 0 Å². The van der Waals surface area contributed by atoms with Gasteiger partial charge in [-0.2, -0.15) is 0 Å². The number of nitrogens with two attached hydrogens (primary N) is 1. The second kappa shape index (κ2) is 6.86. The third-order valence-electron chi connectivity index (χ3n) is 2.99. The molecule has 0 aliphatic rings. The van der Waals surface area contributed by atoms with Crippen molar-refractivity contribution in [3.63, 3.8) is 0 Å². The van der Waals surface area contributed by atoms with Crippen LogP contribution < -0.4 is 11.1 Å². The molecule has 4 nitrogen and oxygen atoms in total. The Kier molecular flexibility index (Phi) is 6.60. The van der Waals surface area contributed by atoms with Crippen LogP contribution in [0.2, 0.25) is 0 Å². The number of primary amides is 1. The number of carbonyl (C=O) groups excluding carboxylic acids is 1. The van der Waals surface area contributed by atoms with E-state index in [0.29, 0.717) is 5.92 Å². The fourth-order valence-electron chi connectivity index (χ4n) is 1.79. The summed E-state index contributed by atoms with van der Waals surface area (Å²) >= 11 is 0. The molecule has 0 heterocycles. The fraction of sp³-hybridized carbons (Fsp3) is 0.917. The van der Waals surface area contributed by atoms with Crippen LogP contribution in [0.5, 0.6) is 0 Å². The summed E-state index contributed by atoms with van der Waals surface area (Å²) < 4.78 is 0. The molecular formula is C12H27N3O. The SMILES string of the molecule is CNC(C)(CCCN(C)CC(C)C)C(N)=O. The van der Waals surface area contributed by atoms with E-state index >= 15 is 0 Å². The quantitative estimate of drug-likeness (QED) is 0.648. The van der Waals surface area contributed by atoms with Crippen LogP contribution in [-0.2, 0) is 4.79 Å². The lowest BCUT2D eigenvalue weighted by molar-refractivity contribution is -0.123. The summed E-state index contributed by atoms with van der Waals surface area (Å²) in [5, 5.41) is 3.00. The molecular weight excluding hydrogens is 202 g/mol. The Labute approximate surface area is 99.6 Å². The minimum atomic E-state index is -0.571. The third-order valence-corrected chi connectivity index (χ3v) is 2.99. The lowest BCUT2D eigenvalue weighted by Crippen LogP contribution is -2.51. The van der Waals surface area contributed by atoms with E-state index in [0.717, 1.165) is 25.9 Å². The minimum absolute atomic E-state index is 0.276. The molecule has 4 heteroatoms. The van der Waals surface area contributed by atoms with Crippen LogP contribution in [0.25, 0.3) is 0 Å². The number of likely N-dealkylation sites (N-methyl/N-ethyl adjacent to an activating group) is 1. The molecule has 0 aromatic carbocycles. The van der Waals surface area contributed by atoms with Gasteiger partial charge < -0.3 is 16.0 Å². The molecule has 1 amide bonds. The number of hydrogen-bond donors (Lipinski definition) is 2. The maximum atomic E-state index is 11.3. The average Bonchev–Trinajstić information content (AvgIpc) is 2.15. The Balaban J connectivity index is 3.92. The van der Waals surface area contributed by atoms with Gasteiger partial charge in [-0.15, -0.1) is 0 Å². The van der Waals surface area contributed by atoms with Crippen LogP contribution in [0.4, 0.5) is 0 Å². The highest BCUT2D eigenvalue weighted by atomic mass is 16.1. The van der Waals surface area contributed by atoms with Gasteiger partial charge in [-0.25, -0.2) is 0 Å². The largest absolute Gasteiger partial charge is 0.368 e. The molecule has 0 spiro atoms. The third kappa shape index (κ3) is 5.47. The van der Waals surface area contributed by atoms with Crippen molar-refractivity contribution in [2.24, 2.45) is 11.7 Å². The van der Waals surface area contributed by atoms with E-state index in [-0.39, 0.29) is 5.91 Å². The van der Waals surface area contributed by atoms with E-state index in [1.54, 1.807) is 7.05 Å². The number of carbonyl (C=O) groups is 1. The van der Waals surface area contributed by atoms with Gasteiger partial charge in [0.15, 0.2) is 0 Å². The summed E-state index contributed by atoms with van der Waals surface area (Å²) in [5.74, 6) is 0.401. The van der Waals surface area contributed by atoms with Crippen LogP contribution in [0.15, 0.2) is 0 Å². The van der Waals surface area contributed by atoms with Crippen molar-refractivity contribution in [2.75, 3.05) is 27.2 Å². The summed E-state index contributed by atoms with van der Waals surface area (Å²) in [4.78, 5) is 13.5. The van der Waals surface area contributed by atoms with E-state index < -0.39 is 5.54 Å². The molecule has 0 radical (unpaired) electrons. The van der Waals surface area contributed by atoms with Gasteiger partial charge in [-0.05, 0) is 46.3 Å². The van der Waals surface area contributed by atoms with Crippen molar-refractivity contribution in [1.29, 1.82) is 0 Å². The molecule has 0 aromatic rings. The van der Waals surface area contributed by atoms with Crippen LogP contribution >= 0.6 is 0 Å². The lowest BCUT2D eigenvalue weighted by Gasteiger charge is -2.27. The molecule has 16 heavy (non-hydrogen) atoms. The topological polar surface area (TPSA) is 58.4 Å². The molecule has 0 aromatic heterocycles. The Morgan fingerprint density at radius 2 is 2.06 bits per heavy atom. The first-order valence-corrected chi connectivity index (χ1v) is 5.99. The van der Waals surface area contributed by atoms with E-state index in [4.69, 9.17) is 5.73 Å². The van der Waals surface area contributed by atoms with Gasteiger partial charge in [0, 0.05) is 6.54 Å². The van der Waals surface area contributed by atoms with Crippen molar-refractivity contribution < 1.29 is 4.79 Å². The number of rotatable bonds is 8. The molecule has 0 bridgehead atoms. The molecule has 0 saturated carbocycles. The van der Waals surface area contributed by atoms with E-state index in [1.165, 1.54) is 0 Å². The van der Waals surface area contributed by atoms with Crippen molar-refractivity contribution in [1.82, 2.24) is 10.2 Å². The number of nitrogens with one attached hydrogen (secondary N) is 1. The molecule has 0 aliphatic carbocycles. The summed E-state index contributed by atoms with van der Waals surface area (Å²) in [6.07, 6.45) is 1.75. The van der Waals surface area contributed by atoms with Crippen LogP contribution in [0.3, 0.4) is 0 Å². The van der Waals surface area contributed by atoms with Gasteiger partial charge in [0.1, 0.15) is 0 Å². The Bertz CT molecular complexity index is 218. The van der Waals surface area contributed by atoms with Gasteiger partial charge in [-0.1, -0.05) is 13.8 Å². The van der Waals surface area contributed by atoms with Crippen molar-refractivity contribution in [2.45, 2.75) is 39.2 Å². The van der Waals surface area contributed by atoms with Crippen LogP contribution in [0, 0.1) is 5.92 Å². The van der Waals surface area contributed by atoms with Crippen LogP contribution in [0.1, 0.15) is 33.6 Å². The molecule has 3 N–H and O–H groups in total. The van der Waals surface area contributed by atoms with Gasteiger partial charge in [0.05, 0.1) is 5.54 Å². The second-order valence-electron chi connectivity index (χ2n) is 5.21. The first-order chi connectivity index (χ1) is 7.31. The summed E-state index contributed by atoms with van der Waals surface area (Å²) in [7, 11) is 3.89. The maximum Gasteiger partial charge on any atom is 0.237 e. The molecule has 96 valence electrons. The Morgan fingerprint density at radius 3 is 2.44 bits per heavy atom. The zero-order chi connectivity index (χ0) is 12.8. The van der Waals surface area contributed by atoms with Gasteiger partial charge in [-0.3, -0.25) is 4.79 Å². The number of hydrogen-bond acceptors (Lipinski definition) is 3. The molecule has 0 fully saturated rings. The fourth-order valence-corrected chi connectivity index (χ4v) is 1.79. The highest BCUT2D eigenvalue weighted by Gasteiger charge is 2.28. The van der Waals surface area contributed by atoms with Crippen molar-refractivity contribution in [3.8, 4) is 0 Å². The minimum Gasteiger partial charge on any atom is -0.368 e. The molecule has 1 atom stereocenters. The van der Waals surface area contributed by atoms with Crippen molar-refractivity contribution in [3.05, 3.63) is 0 Å². The first kappa shape index (κ1) is 15.4. The van der Waals surface area contributed by atoms with Crippen LogP contribution in [-0.4, -0.2) is 43.5 Å². The maximum absolute atomic E-state index is 11.3. The predicted molar refractivity (Wildman–Crippen MR) is 68.2 cm³/mol. The second-order valence-corrected chi connectivity index (χ2v) is 5.21. The highest BCUT2D eigenvalue weighted by Crippen LogP contribution is 2.11. The summed E-state index contributed by atoms with van der Waals surface area (Å²) in [6, 6.07) is 0. The normalized spacial score (nSPS) is 15.4. The van der Waals surface area contributed by atoms with Crippen molar-refractivity contribution >= 4 is 5.91 Å². The standard InChI is InChI=1S/C12H27N3O/c1-10(2)9-15(5)8-6-7-12(3,14-4)11(13)16/h10,14H,6-9H2,1-5H3,(H2,13,16). The number of nitrogens with zero attached hydrogens (tertiary/aromatic N) is 1. The van der Waals surface area contributed by atoms with Gasteiger partial charge >= 0.3 is 0 Å². The molecule has 1 unspecified atom stereocenters. The van der Waals surface area contributed by atoms with Gasteiger partial charge in [0.2, 0.25) is 5.91 Å². The zero-order valence-electron chi connectivity index (χ0n) is 11.3. The Morgan fingerprint density at radius 1 is 1.50 bits per heavy atom.